The van der Waals surface area contributed by atoms with Gasteiger partial charge < -0.3 is 9.47 Å². The van der Waals surface area contributed by atoms with E-state index in [0.717, 1.165) is 0 Å². The van der Waals surface area contributed by atoms with Crippen molar-refractivity contribution in [2.45, 2.75) is 31.8 Å². The molecule has 1 atom stereocenters. The van der Waals surface area contributed by atoms with Gasteiger partial charge in [-0.25, -0.2) is 0 Å². The van der Waals surface area contributed by atoms with Crippen molar-refractivity contribution in [1.82, 2.24) is 0 Å². The summed E-state index contributed by atoms with van der Waals surface area (Å²) in [4.78, 5) is 11.2. The number of benzene rings is 1. The Hall–Kier alpha value is -1.36. The summed E-state index contributed by atoms with van der Waals surface area (Å²) < 4.78 is 33.6. The van der Waals surface area contributed by atoms with Gasteiger partial charge in [0.2, 0.25) is 0 Å². The minimum absolute atomic E-state index is 0.0290. The number of hydrogen-bond donors (Lipinski definition) is 0. The zero-order chi connectivity index (χ0) is 14.3. The number of esters is 1. The van der Waals surface area contributed by atoms with Crippen LogP contribution in [0.25, 0.3) is 0 Å². The summed E-state index contributed by atoms with van der Waals surface area (Å²) >= 11 is 6.11. The van der Waals surface area contributed by atoms with Crippen molar-refractivity contribution < 1.29 is 23.0 Å². The molecule has 0 fully saturated rings. The van der Waals surface area contributed by atoms with Gasteiger partial charge in [0.05, 0.1) is 12.0 Å². The molecule has 0 saturated carbocycles. The lowest BCUT2D eigenvalue weighted by molar-refractivity contribution is -0.143. The van der Waals surface area contributed by atoms with Gasteiger partial charge in [0, 0.05) is 12.0 Å². The van der Waals surface area contributed by atoms with E-state index in [1.165, 1.54) is 6.07 Å². The van der Waals surface area contributed by atoms with Crippen LogP contribution in [0.3, 0.4) is 0 Å². The number of carbonyl (C=O) groups excluding carboxylic acids is 1. The van der Waals surface area contributed by atoms with Crippen LogP contribution < -0.4 is 4.74 Å². The highest BCUT2D eigenvalue weighted by Gasteiger charge is 2.17. The molecule has 0 heterocycles. The maximum Gasteiger partial charge on any atom is 0.387 e. The third-order valence-corrected chi connectivity index (χ3v) is 2.83. The molecule has 0 aliphatic carbocycles. The lowest BCUT2D eigenvalue weighted by atomic mass is 10.1. The van der Waals surface area contributed by atoms with Crippen LogP contribution in [0.1, 0.15) is 30.7 Å². The van der Waals surface area contributed by atoms with Crippen LogP contribution in [0.2, 0.25) is 0 Å². The lowest BCUT2D eigenvalue weighted by Crippen LogP contribution is -2.07. The molecule has 19 heavy (non-hydrogen) atoms. The van der Waals surface area contributed by atoms with E-state index in [2.05, 4.69) is 4.74 Å². The molecule has 1 aromatic rings. The first kappa shape index (κ1) is 15.7. The fourth-order valence-electron chi connectivity index (χ4n) is 1.58. The van der Waals surface area contributed by atoms with E-state index < -0.39 is 12.0 Å². The van der Waals surface area contributed by atoms with Crippen molar-refractivity contribution in [2.75, 3.05) is 6.61 Å². The molecule has 0 saturated heterocycles. The number of carbonyl (C=O) groups is 1. The molecule has 3 nitrogen and oxygen atoms in total. The molecule has 0 radical (unpaired) electrons. The van der Waals surface area contributed by atoms with Crippen LogP contribution in [0.4, 0.5) is 8.78 Å². The first-order valence-electron chi connectivity index (χ1n) is 5.88. The van der Waals surface area contributed by atoms with Crippen LogP contribution in [0, 0.1) is 0 Å². The highest BCUT2D eigenvalue weighted by molar-refractivity contribution is 6.21. The monoisotopic (exact) mass is 292 g/mol. The van der Waals surface area contributed by atoms with Crippen molar-refractivity contribution in [3.63, 3.8) is 0 Å². The van der Waals surface area contributed by atoms with Crippen LogP contribution >= 0.6 is 11.6 Å². The second-order valence-corrected chi connectivity index (χ2v) is 4.25. The van der Waals surface area contributed by atoms with Crippen molar-refractivity contribution in [1.29, 1.82) is 0 Å². The van der Waals surface area contributed by atoms with Gasteiger partial charge in [-0.15, -0.1) is 11.6 Å². The zero-order valence-electron chi connectivity index (χ0n) is 10.4. The SMILES string of the molecule is CCOC(=O)CCC(Cl)c1ccccc1OC(F)F. The summed E-state index contributed by atoms with van der Waals surface area (Å²) in [6.45, 7) is -0.895. The standard InChI is InChI=1S/C13H15ClF2O3/c1-2-18-12(17)8-7-10(14)9-5-3-4-6-11(9)19-13(15)16/h3-6,10,13H,2,7-8H2,1H3. The third-order valence-electron chi connectivity index (χ3n) is 2.38. The Kier molecular flexibility index (Phi) is 6.56. The first-order chi connectivity index (χ1) is 9.04. The van der Waals surface area contributed by atoms with Crippen LogP contribution in [0.15, 0.2) is 24.3 Å². The highest BCUT2D eigenvalue weighted by atomic mass is 35.5. The van der Waals surface area contributed by atoms with E-state index >= 15 is 0 Å². The molecule has 0 N–H and O–H groups in total. The molecule has 0 spiro atoms. The highest BCUT2D eigenvalue weighted by Crippen LogP contribution is 2.33. The Balaban J connectivity index is 2.65. The maximum atomic E-state index is 12.2. The summed E-state index contributed by atoms with van der Waals surface area (Å²) in [7, 11) is 0. The number of halogens is 3. The Morgan fingerprint density at radius 2 is 2.05 bits per heavy atom. The van der Waals surface area contributed by atoms with Gasteiger partial charge in [-0.2, -0.15) is 8.78 Å². The van der Waals surface area contributed by atoms with Gasteiger partial charge in [0.15, 0.2) is 0 Å². The van der Waals surface area contributed by atoms with Crippen molar-refractivity contribution in [2.24, 2.45) is 0 Å². The van der Waals surface area contributed by atoms with Crippen molar-refractivity contribution in [3.05, 3.63) is 29.8 Å². The van der Waals surface area contributed by atoms with E-state index in [9.17, 15) is 13.6 Å². The van der Waals surface area contributed by atoms with E-state index in [1.807, 2.05) is 0 Å². The molecule has 1 rings (SSSR count). The Labute approximate surface area is 115 Å². The number of rotatable bonds is 7. The minimum atomic E-state index is -2.91. The second kappa shape index (κ2) is 7.94. The maximum absolute atomic E-state index is 12.2. The van der Waals surface area contributed by atoms with E-state index in [0.29, 0.717) is 18.6 Å². The molecule has 0 aliphatic rings. The molecule has 6 heteroatoms. The lowest BCUT2D eigenvalue weighted by Gasteiger charge is -2.14. The summed E-state index contributed by atoms with van der Waals surface area (Å²) in [6, 6.07) is 6.27. The Morgan fingerprint density at radius 3 is 2.68 bits per heavy atom. The molecule has 0 bridgehead atoms. The molecular formula is C13H15ClF2O3. The van der Waals surface area contributed by atoms with Gasteiger partial charge in [0.25, 0.3) is 0 Å². The average Bonchev–Trinajstić information content (AvgIpc) is 2.36. The third kappa shape index (κ3) is 5.42. The fraction of sp³-hybridized carbons (Fsp3) is 0.462. The second-order valence-electron chi connectivity index (χ2n) is 3.73. The van der Waals surface area contributed by atoms with Crippen molar-refractivity contribution in [3.8, 4) is 5.75 Å². The van der Waals surface area contributed by atoms with Crippen LogP contribution in [-0.4, -0.2) is 19.2 Å². The summed E-state index contributed by atoms with van der Waals surface area (Å²) in [5.74, 6) is -0.332. The van der Waals surface area contributed by atoms with Gasteiger partial charge >= 0.3 is 12.6 Å². The van der Waals surface area contributed by atoms with E-state index in [1.54, 1.807) is 25.1 Å². The number of ether oxygens (including phenoxy) is 2. The number of hydrogen-bond acceptors (Lipinski definition) is 3. The quantitative estimate of drug-likeness (QED) is 0.564. The molecule has 0 aromatic heterocycles. The van der Waals surface area contributed by atoms with Crippen molar-refractivity contribution >= 4 is 17.6 Å². The molecular weight excluding hydrogens is 278 g/mol. The van der Waals surface area contributed by atoms with E-state index in [4.69, 9.17) is 16.3 Å². The zero-order valence-corrected chi connectivity index (χ0v) is 11.2. The van der Waals surface area contributed by atoms with Gasteiger partial charge in [-0.3, -0.25) is 4.79 Å². The van der Waals surface area contributed by atoms with Gasteiger partial charge in [0.1, 0.15) is 5.75 Å². The number of para-hydroxylation sites is 1. The summed E-state index contributed by atoms with van der Waals surface area (Å²) in [5.41, 5.74) is 0.439. The molecule has 0 aliphatic heterocycles. The van der Waals surface area contributed by atoms with Gasteiger partial charge in [-0.05, 0) is 19.4 Å². The minimum Gasteiger partial charge on any atom is -0.466 e. The smallest absolute Gasteiger partial charge is 0.387 e. The molecule has 0 amide bonds. The van der Waals surface area contributed by atoms with Gasteiger partial charge in [-0.1, -0.05) is 18.2 Å². The number of alkyl halides is 3. The summed E-state index contributed by atoms with van der Waals surface area (Å²) in [6.07, 6.45) is 0.426. The predicted molar refractivity (Wildman–Crippen MR) is 67.5 cm³/mol. The Morgan fingerprint density at radius 1 is 1.37 bits per heavy atom. The Bertz CT molecular complexity index is 413. The fourth-order valence-corrected chi connectivity index (χ4v) is 1.87. The van der Waals surface area contributed by atoms with Crippen LogP contribution in [0.5, 0.6) is 5.75 Å². The first-order valence-corrected chi connectivity index (χ1v) is 6.31. The molecule has 1 unspecified atom stereocenters. The molecule has 1 aromatic carbocycles. The summed E-state index contributed by atoms with van der Waals surface area (Å²) in [5, 5.41) is -0.584. The molecule has 106 valence electrons. The largest absolute Gasteiger partial charge is 0.466 e. The van der Waals surface area contributed by atoms with Crippen LogP contribution in [-0.2, 0) is 9.53 Å². The average molecular weight is 293 g/mol. The topological polar surface area (TPSA) is 35.5 Å². The predicted octanol–water partition coefficient (Wildman–Crippen LogP) is 3.91. The van der Waals surface area contributed by atoms with E-state index in [-0.39, 0.29) is 18.1 Å². The normalized spacial score (nSPS) is 12.3.